The first-order valence-corrected chi connectivity index (χ1v) is 6.54. The largest absolute Gasteiger partial charge is 0.491 e. The van der Waals surface area contributed by atoms with Gasteiger partial charge in [0, 0.05) is 18.7 Å². The maximum absolute atomic E-state index is 13.3. The van der Waals surface area contributed by atoms with E-state index in [1.54, 1.807) is 25.3 Å². The molecule has 0 amide bonds. The number of halogens is 2. The molecule has 5 heteroatoms. The summed E-state index contributed by atoms with van der Waals surface area (Å²) < 4.78 is 37.1. The quantitative estimate of drug-likeness (QED) is 0.833. The monoisotopic (exact) mass is 293 g/mol. The van der Waals surface area contributed by atoms with Gasteiger partial charge in [-0.05, 0) is 23.8 Å². The molecule has 2 rings (SSSR count). The number of ether oxygens (including phenoxy) is 2. The Morgan fingerprint density at radius 1 is 1.05 bits per heavy atom. The van der Waals surface area contributed by atoms with Gasteiger partial charge in [-0.25, -0.2) is 8.78 Å². The number of hydrogen-bond donors (Lipinski definition) is 1. The molecule has 1 unspecified atom stereocenters. The van der Waals surface area contributed by atoms with E-state index in [4.69, 9.17) is 15.2 Å². The van der Waals surface area contributed by atoms with Gasteiger partial charge in [0.15, 0.2) is 0 Å². The summed E-state index contributed by atoms with van der Waals surface area (Å²) in [5, 5.41) is 0. The highest BCUT2D eigenvalue weighted by Crippen LogP contribution is 2.29. The molecule has 1 atom stereocenters. The van der Waals surface area contributed by atoms with E-state index in [9.17, 15) is 8.78 Å². The van der Waals surface area contributed by atoms with Crippen molar-refractivity contribution in [2.24, 2.45) is 5.73 Å². The van der Waals surface area contributed by atoms with Crippen LogP contribution in [0.5, 0.6) is 5.75 Å². The smallest absolute Gasteiger partial charge is 0.126 e. The van der Waals surface area contributed by atoms with E-state index in [-0.39, 0.29) is 0 Å². The highest BCUT2D eigenvalue weighted by Gasteiger charge is 2.15. The Bertz CT molecular complexity index is 584. The minimum atomic E-state index is -0.672. The second-order valence-electron chi connectivity index (χ2n) is 4.56. The molecular formula is C16H17F2NO2. The SMILES string of the molecule is COCCOc1ccccc1C(N)c1cc(F)cc(F)c1. The van der Waals surface area contributed by atoms with Gasteiger partial charge in [0.2, 0.25) is 0 Å². The van der Waals surface area contributed by atoms with Crippen molar-refractivity contribution in [2.75, 3.05) is 20.3 Å². The van der Waals surface area contributed by atoms with Gasteiger partial charge in [-0.15, -0.1) is 0 Å². The van der Waals surface area contributed by atoms with Crippen molar-refractivity contribution < 1.29 is 18.3 Å². The summed E-state index contributed by atoms with van der Waals surface area (Å²) in [5.41, 5.74) is 7.14. The molecule has 0 aliphatic heterocycles. The van der Waals surface area contributed by atoms with Crippen LogP contribution in [-0.2, 0) is 4.74 Å². The predicted molar refractivity (Wildman–Crippen MR) is 76.2 cm³/mol. The summed E-state index contributed by atoms with van der Waals surface area (Å²) >= 11 is 0. The minimum Gasteiger partial charge on any atom is -0.491 e. The lowest BCUT2D eigenvalue weighted by atomic mass is 9.98. The van der Waals surface area contributed by atoms with Crippen LogP contribution in [0.1, 0.15) is 17.2 Å². The van der Waals surface area contributed by atoms with Crippen molar-refractivity contribution >= 4 is 0 Å². The Hall–Kier alpha value is -1.98. The average Bonchev–Trinajstić information content (AvgIpc) is 2.46. The molecule has 112 valence electrons. The van der Waals surface area contributed by atoms with Gasteiger partial charge in [0.25, 0.3) is 0 Å². The molecule has 0 aliphatic carbocycles. The summed E-state index contributed by atoms with van der Waals surface area (Å²) in [6.07, 6.45) is 0. The highest BCUT2D eigenvalue weighted by atomic mass is 19.1. The third-order valence-corrected chi connectivity index (χ3v) is 3.04. The molecule has 0 bridgehead atoms. The molecule has 2 aromatic carbocycles. The van der Waals surface area contributed by atoms with Gasteiger partial charge in [-0.1, -0.05) is 18.2 Å². The van der Waals surface area contributed by atoms with Gasteiger partial charge in [-0.3, -0.25) is 0 Å². The molecule has 0 radical (unpaired) electrons. The Kier molecular flexibility index (Phi) is 5.25. The Balaban J connectivity index is 2.27. The van der Waals surface area contributed by atoms with Crippen molar-refractivity contribution in [1.82, 2.24) is 0 Å². The summed E-state index contributed by atoms with van der Waals surface area (Å²) in [7, 11) is 1.58. The van der Waals surface area contributed by atoms with E-state index < -0.39 is 17.7 Å². The molecule has 0 aromatic heterocycles. The van der Waals surface area contributed by atoms with Crippen LogP contribution in [-0.4, -0.2) is 20.3 Å². The number of nitrogens with two attached hydrogens (primary N) is 1. The van der Waals surface area contributed by atoms with Crippen molar-refractivity contribution in [3.63, 3.8) is 0 Å². The molecule has 2 N–H and O–H groups in total. The highest BCUT2D eigenvalue weighted by molar-refractivity contribution is 5.41. The molecule has 2 aromatic rings. The topological polar surface area (TPSA) is 44.5 Å². The van der Waals surface area contributed by atoms with Crippen molar-refractivity contribution in [1.29, 1.82) is 0 Å². The lowest BCUT2D eigenvalue weighted by Crippen LogP contribution is -2.15. The van der Waals surface area contributed by atoms with Gasteiger partial charge >= 0.3 is 0 Å². The molecule has 0 spiro atoms. The Morgan fingerprint density at radius 3 is 2.38 bits per heavy atom. The zero-order chi connectivity index (χ0) is 15.2. The number of para-hydroxylation sites is 1. The fourth-order valence-corrected chi connectivity index (χ4v) is 2.04. The van der Waals surface area contributed by atoms with E-state index in [2.05, 4.69) is 0 Å². The van der Waals surface area contributed by atoms with E-state index in [1.165, 1.54) is 12.1 Å². The minimum absolute atomic E-state index is 0.357. The molecule has 21 heavy (non-hydrogen) atoms. The molecule has 0 aliphatic rings. The lowest BCUT2D eigenvalue weighted by Gasteiger charge is -2.17. The first-order valence-electron chi connectivity index (χ1n) is 6.54. The van der Waals surface area contributed by atoms with Crippen LogP contribution in [0.4, 0.5) is 8.78 Å². The normalized spacial score (nSPS) is 12.2. The summed E-state index contributed by atoms with van der Waals surface area (Å²) in [6, 6.07) is 9.74. The maximum atomic E-state index is 13.3. The molecule has 0 saturated heterocycles. The first kappa shape index (κ1) is 15.4. The number of hydrogen-bond acceptors (Lipinski definition) is 3. The zero-order valence-corrected chi connectivity index (χ0v) is 11.7. The van der Waals surface area contributed by atoms with Gasteiger partial charge in [0.1, 0.15) is 24.0 Å². The van der Waals surface area contributed by atoms with Crippen LogP contribution in [0.25, 0.3) is 0 Å². The van der Waals surface area contributed by atoms with E-state index in [0.717, 1.165) is 6.07 Å². The van der Waals surface area contributed by atoms with Gasteiger partial charge < -0.3 is 15.2 Å². The molecule has 3 nitrogen and oxygen atoms in total. The predicted octanol–water partition coefficient (Wildman–Crippen LogP) is 3.04. The molecule has 0 heterocycles. The van der Waals surface area contributed by atoms with Crippen LogP contribution in [0, 0.1) is 11.6 Å². The average molecular weight is 293 g/mol. The molecular weight excluding hydrogens is 276 g/mol. The van der Waals surface area contributed by atoms with Crippen molar-refractivity contribution in [2.45, 2.75) is 6.04 Å². The summed E-state index contributed by atoms with van der Waals surface area (Å²) in [4.78, 5) is 0. The van der Waals surface area contributed by atoms with Crippen molar-refractivity contribution in [3.05, 3.63) is 65.2 Å². The first-order chi connectivity index (χ1) is 10.1. The lowest BCUT2D eigenvalue weighted by molar-refractivity contribution is 0.145. The van der Waals surface area contributed by atoms with E-state index in [1.807, 2.05) is 6.07 Å². The van der Waals surface area contributed by atoms with Gasteiger partial charge in [-0.2, -0.15) is 0 Å². The second-order valence-corrected chi connectivity index (χ2v) is 4.56. The maximum Gasteiger partial charge on any atom is 0.126 e. The Morgan fingerprint density at radius 2 is 1.71 bits per heavy atom. The second kappa shape index (κ2) is 7.15. The standard InChI is InChI=1S/C16H17F2NO2/c1-20-6-7-21-15-5-3-2-4-14(15)16(19)11-8-12(17)10-13(18)9-11/h2-5,8-10,16H,6-7,19H2,1H3. The van der Waals surface area contributed by atoms with Crippen molar-refractivity contribution in [3.8, 4) is 5.75 Å². The fourth-order valence-electron chi connectivity index (χ4n) is 2.04. The van der Waals surface area contributed by atoms with Crippen LogP contribution in [0.15, 0.2) is 42.5 Å². The van der Waals surface area contributed by atoms with Crippen LogP contribution in [0.2, 0.25) is 0 Å². The number of methoxy groups -OCH3 is 1. The third-order valence-electron chi connectivity index (χ3n) is 3.04. The third kappa shape index (κ3) is 4.00. The van der Waals surface area contributed by atoms with E-state index in [0.29, 0.717) is 30.1 Å². The fraction of sp³-hybridized carbons (Fsp3) is 0.250. The number of benzene rings is 2. The molecule has 0 fully saturated rings. The van der Waals surface area contributed by atoms with Crippen LogP contribution < -0.4 is 10.5 Å². The molecule has 0 saturated carbocycles. The number of rotatable bonds is 6. The van der Waals surface area contributed by atoms with Gasteiger partial charge in [0.05, 0.1) is 12.6 Å². The van der Waals surface area contributed by atoms with E-state index >= 15 is 0 Å². The van der Waals surface area contributed by atoms with Crippen LogP contribution >= 0.6 is 0 Å². The Labute approximate surface area is 122 Å². The zero-order valence-electron chi connectivity index (χ0n) is 11.7. The van der Waals surface area contributed by atoms with Crippen LogP contribution in [0.3, 0.4) is 0 Å². The summed E-state index contributed by atoms with van der Waals surface area (Å²) in [5.74, 6) is -0.733. The summed E-state index contributed by atoms with van der Waals surface area (Å²) in [6.45, 7) is 0.815.